The van der Waals surface area contributed by atoms with Crippen LogP contribution in [0.5, 0.6) is 0 Å². The molecule has 78 valence electrons. The Morgan fingerprint density at radius 1 is 1.33 bits per heavy atom. The Kier molecular flexibility index (Phi) is 3.18. The first-order valence-electron chi connectivity index (χ1n) is 3.88. The lowest BCUT2D eigenvalue weighted by molar-refractivity contribution is -0.384. The summed E-state index contributed by atoms with van der Waals surface area (Å²) in [6.07, 6.45) is 1.17. The zero-order chi connectivity index (χ0) is 10.1. The summed E-state index contributed by atoms with van der Waals surface area (Å²) in [5.74, 6) is 0. The molecule has 0 bridgehead atoms. The number of hydrogen-bond donors (Lipinski definition) is 1. The lowest BCUT2D eigenvalue weighted by Gasteiger charge is -1.99. The molecule has 2 rings (SSSR count). The van der Waals surface area contributed by atoms with E-state index in [4.69, 9.17) is 11.6 Å². The predicted octanol–water partition coefficient (Wildman–Crippen LogP) is 2.96. The van der Waals surface area contributed by atoms with Gasteiger partial charge in [0.25, 0.3) is 0 Å². The van der Waals surface area contributed by atoms with Gasteiger partial charge in [0.15, 0.2) is 0 Å². The third-order valence-electron chi connectivity index (χ3n) is 1.89. The van der Waals surface area contributed by atoms with Crippen molar-refractivity contribution >= 4 is 28.2 Å². The Labute approximate surface area is 90.4 Å². The average molecular weight is 226 g/mol. The van der Waals surface area contributed by atoms with Crippen LogP contribution in [0, 0.1) is 10.1 Å². The van der Waals surface area contributed by atoms with Crippen molar-refractivity contribution in [3.05, 3.63) is 45.6 Å². The van der Waals surface area contributed by atoms with E-state index in [1.54, 1.807) is 24.3 Å². The fraction of sp³-hybridized carbons (Fsp3) is 0. The second kappa shape index (κ2) is 4.20. The minimum atomic E-state index is -0.540. The van der Waals surface area contributed by atoms with Gasteiger partial charge < -0.3 is 6.15 Å². The molecule has 0 saturated heterocycles. The molecule has 3 N–H and O–H groups in total. The smallest absolute Gasteiger partial charge is 0.306 e. The number of para-hydroxylation sites is 1. The van der Waals surface area contributed by atoms with Gasteiger partial charge in [-0.15, -0.1) is 0 Å². The second-order valence-corrected chi connectivity index (χ2v) is 3.11. The fourth-order valence-corrected chi connectivity index (χ4v) is 1.50. The van der Waals surface area contributed by atoms with Gasteiger partial charge >= 0.3 is 5.69 Å². The van der Waals surface area contributed by atoms with Gasteiger partial charge in [-0.1, -0.05) is 29.8 Å². The predicted molar refractivity (Wildman–Crippen MR) is 58.4 cm³/mol. The van der Waals surface area contributed by atoms with Crippen LogP contribution in [0.1, 0.15) is 0 Å². The number of aromatic nitrogens is 1. The van der Waals surface area contributed by atoms with Crippen LogP contribution in [0.3, 0.4) is 0 Å². The van der Waals surface area contributed by atoms with E-state index in [1.165, 1.54) is 6.20 Å². The van der Waals surface area contributed by atoms with Crippen molar-refractivity contribution in [3.63, 3.8) is 0 Å². The molecular weight excluding hydrogens is 218 g/mol. The molecule has 1 heterocycles. The van der Waals surface area contributed by atoms with Crippen LogP contribution >= 0.6 is 11.6 Å². The van der Waals surface area contributed by atoms with Crippen molar-refractivity contribution in [1.29, 1.82) is 0 Å². The molecule has 0 saturated carbocycles. The Balaban J connectivity index is 0.00000112. The highest BCUT2D eigenvalue weighted by Gasteiger charge is 2.15. The molecule has 2 aromatic rings. The van der Waals surface area contributed by atoms with Gasteiger partial charge in [-0.2, -0.15) is 0 Å². The minimum absolute atomic E-state index is 0. The number of halogens is 1. The average Bonchev–Trinajstić information content (AvgIpc) is 2.18. The van der Waals surface area contributed by atoms with Gasteiger partial charge in [0.2, 0.25) is 0 Å². The minimum Gasteiger partial charge on any atom is -0.344 e. The molecule has 0 aliphatic carbocycles. The molecular formula is C9H8ClN3O2. The fourth-order valence-electron chi connectivity index (χ4n) is 1.22. The summed E-state index contributed by atoms with van der Waals surface area (Å²) in [6, 6.07) is 7.03. The van der Waals surface area contributed by atoms with Crippen molar-refractivity contribution in [2.75, 3.05) is 0 Å². The Morgan fingerprint density at radius 2 is 2.00 bits per heavy atom. The molecule has 0 spiro atoms. The van der Waals surface area contributed by atoms with Crippen molar-refractivity contribution in [2.45, 2.75) is 0 Å². The SMILES string of the molecule is N.O=[N+]([O-])c1cnc2ccccc2c1Cl. The van der Waals surface area contributed by atoms with E-state index in [1.807, 2.05) is 0 Å². The highest BCUT2D eigenvalue weighted by atomic mass is 35.5. The number of rotatable bonds is 1. The third-order valence-corrected chi connectivity index (χ3v) is 2.29. The van der Waals surface area contributed by atoms with E-state index in [-0.39, 0.29) is 16.9 Å². The molecule has 0 amide bonds. The highest BCUT2D eigenvalue weighted by molar-refractivity contribution is 6.37. The van der Waals surface area contributed by atoms with Gasteiger partial charge in [0.05, 0.1) is 10.4 Å². The first-order chi connectivity index (χ1) is 6.70. The van der Waals surface area contributed by atoms with Crippen LogP contribution in [0.4, 0.5) is 5.69 Å². The summed E-state index contributed by atoms with van der Waals surface area (Å²) >= 11 is 5.85. The van der Waals surface area contributed by atoms with E-state index in [0.717, 1.165) is 0 Å². The molecule has 6 heteroatoms. The van der Waals surface area contributed by atoms with E-state index < -0.39 is 4.92 Å². The largest absolute Gasteiger partial charge is 0.344 e. The molecule has 0 atom stereocenters. The number of hydrogen-bond acceptors (Lipinski definition) is 4. The monoisotopic (exact) mass is 225 g/mol. The normalized spacial score (nSPS) is 9.67. The number of benzene rings is 1. The third kappa shape index (κ3) is 1.88. The van der Waals surface area contributed by atoms with Gasteiger partial charge in [0, 0.05) is 5.39 Å². The van der Waals surface area contributed by atoms with Gasteiger partial charge in [0.1, 0.15) is 11.2 Å². The molecule has 0 unspecified atom stereocenters. The summed E-state index contributed by atoms with van der Waals surface area (Å²) in [6.45, 7) is 0. The van der Waals surface area contributed by atoms with Crippen LogP contribution in [0.2, 0.25) is 5.02 Å². The maximum absolute atomic E-state index is 10.5. The molecule has 0 radical (unpaired) electrons. The number of nitrogens with zero attached hydrogens (tertiary/aromatic N) is 2. The molecule has 1 aromatic heterocycles. The maximum atomic E-state index is 10.5. The summed E-state index contributed by atoms with van der Waals surface area (Å²) < 4.78 is 0. The molecule has 0 aliphatic rings. The standard InChI is InChI=1S/C9H5ClN2O2.H3N/c10-9-6-3-1-2-4-7(6)11-5-8(9)12(13)14;/h1-5H;1H3. The quantitative estimate of drug-likeness (QED) is 0.597. The Morgan fingerprint density at radius 3 is 2.67 bits per heavy atom. The van der Waals surface area contributed by atoms with E-state index in [2.05, 4.69) is 4.98 Å². The van der Waals surface area contributed by atoms with Crippen LogP contribution in [-0.2, 0) is 0 Å². The summed E-state index contributed by atoms with van der Waals surface area (Å²) in [5.41, 5.74) is 0.494. The Hall–Kier alpha value is -1.72. The molecule has 15 heavy (non-hydrogen) atoms. The zero-order valence-electron chi connectivity index (χ0n) is 7.68. The van der Waals surface area contributed by atoms with Crippen molar-refractivity contribution in [3.8, 4) is 0 Å². The van der Waals surface area contributed by atoms with Crippen molar-refractivity contribution in [1.82, 2.24) is 11.1 Å². The van der Waals surface area contributed by atoms with Gasteiger partial charge in [-0.25, -0.2) is 4.98 Å². The zero-order valence-corrected chi connectivity index (χ0v) is 8.44. The van der Waals surface area contributed by atoms with E-state index in [9.17, 15) is 10.1 Å². The lowest BCUT2D eigenvalue weighted by Crippen LogP contribution is -1.91. The molecule has 0 fully saturated rings. The molecule has 5 nitrogen and oxygen atoms in total. The first kappa shape index (κ1) is 11.4. The van der Waals surface area contributed by atoms with Crippen molar-refractivity contribution in [2.24, 2.45) is 0 Å². The molecule has 1 aromatic carbocycles. The van der Waals surface area contributed by atoms with E-state index in [0.29, 0.717) is 10.9 Å². The van der Waals surface area contributed by atoms with Crippen LogP contribution in [-0.4, -0.2) is 9.91 Å². The number of pyridine rings is 1. The van der Waals surface area contributed by atoms with Crippen LogP contribution in [0.15, 0.2) is 30.5 Å². The molecule has 0 aliphatic heterocycles. The van der Waals surface area contributed by atoms with Crippen LogP contribution in [0.25, 0.3) is 10.9 Å². The maximum Gasteiger partial charge on any atom is 0.306 e. The lowest BCUT2D eigenvalue weighted by atomic mass is 10.2. The summed E-state index contributed by atoms with van der Waals surface area (Å²) in [7, 11) is 0. The highest BCUT2D eigenvalue weighted by Crippen LogP contribution is 2.30. The first-order valence-corrected chi connectivity index (χ1v) is 4.25. The van der Waals surface area contributed by atoms with Crippen molar-refractivity contribution < 1.29 is 4.92 Å². The van der Waals surface area contributed by atoms with Gasteiger partial charge in [-0.3, -0.25) is 10.1 Å². The summed E-state index contributed by atoms with van der Waals surface area (Å²) in [5, 5.41) is 11.3. The van der Waals surface area contributed by atoms with Crippen LogP contribution < -0.4 is 6.15 Å². The van der Waals surface area contributed by atoms with Gasteiger partial charge in [-0.05, 0) is 6.07 Å². The second-order valence-electron chi connectivity index (χ2n) is 2.73. The number of nitro groups is 1. The summed E-state index contributed by atoms with van der Waals surface area (Å²) in [4.78, 5) is 13.9. The topological polar surface area (TPSA) is 91.0 Å². The Bertz CT molecular complexity index is 516. The van der Waals surface area contributed by atoms with E-state index >= 15 is 0 Å². The number of fused-ring (bicyclic) bond motifs is 1.